The number of hydrogen-bond donors (Lipinski definition) is 2. The van der Waals surface area contributed by atoms with Crippen LogP contribution in [0.1, 0.15) is 57.9 Å². The lowest BCUT2D eigenvalue weighted by Crippen LogP contribution is -2.45. The van der Waals surface area contributed by atoms with Gasteiger partial charge in [-0.1, -0.05) is 51.7 Å². The fourth-order valence-corrected chi connectivity index (χ4v) is 3.11. The van der Waals surface area contributed by atoms with Crippen LogP contribution in [0.15, 0.2) is 24.3 Å². The van der Waals surface area contributed by atoms with Crippen molar-refractivity contribution in [2.45, 2.75) is 63.8 Å². The van der Waals surface area contributed by atoms with E-state index >= 15 is 0 Å². The predicted octanol–water partition coefficient (Wildman–Crippen LogP) is 3.99. The fourth-order valence-electron chi connectivity index (χ4n) is 3.11. The second-order valence-corrected chi connectivity index (χ2v) is 7.13. The van der Waals surface area contributed by atoms with Crippen molar-refractivity contribution in [2.24, 2.45) is 0 Å². The van der Waals surface area contributed by atoms with Crippen LogP contribution in [0.3, 0.4) is 0 Å². The van der Waals surface area contributed by atoms with Crippen molar-refractivity contribution in [1.82, 2.24) is 10.6 Å². The quantitative estimate of drug-likeness (QED) is 0.806. The number of ether oxygens (including phenoxy) is 1. The van der Waals surface area contributed by atoms with E-state index in [0.29, 0.717) is 12.6 Å². The molecular weight excluding hydrogens is 288 g/mol. The largest absolute Gasteiger partial charge is 0.497 e. The summed E-state index contributed by atoms with van der Waals surface area (Å²) in [5.74, 6) is 0.851. The smallest absolute Gasteiger partial charge is 0.315 e. The van der Waals surface area contributed by atoms with Gasteiger partial charge >= 0.3 is 6.03 Å². The third kappa shape index (κ3) is 5.45. The molecule has 2 amide bonds. The van der Waals surface area contributed by atoms with Gasteiger partial charge in [-0.15, -0.1) is 0 Å². The molecule has 1 saturated carbocycles. The lowest BCUT2D eigenvalue weighted by atomic mass is 9.84. The van der Waals surface area contributed by atoms with Crippen LogP contribution in [0.25, 0.3) is 0 Å². The zero-order valence-electron chi connectivity index (χ0n) is 14.7. The second kappa shape index (κ2) is 8.23. The Balaban J connectivity index is 1.83. The Hall–Kier alpha value is -1.71. The van der Waals surface area contributed by atoms with Crippen molar-refractivity contribution in [2.75, 3.05) is 13.7 Å². The van der Waals surface area contributed by atoms with E-state index in [0.717, 1.165) is 18.6 Å². The van der Waals surface area contributed by atoms with Crippen molar-refractivity contribution in [3.8, 4) is 5.75 Å². The number of carbonyl (C=O) groups is 1. The number of rotatable bonds is 5. The van der Waals surface area contributed by atoms with Crippen LogP contribution in [0, 0.1) is 0 Å². The Bertz CT molecular complexity index is 489. The molecule has 128 valence electrons. The summed E-state index contributed by atoms with van der Waals surface area (Å²) in [5, 5.41) is 6.17. The summed E-state index contributed by atoms with van der Waals surface area (Å²) in [7, 11) is 1.67. The number of benzene rings is 1. The molecule has 0 bridgehead atoms. The first-order valence-corrected chi connectivity index (χ1v) is 8.70. The van der Waals surface area contributed by atoms with E-state index in [1.54, 1.807) is 7.11 Å². The van der Waals surface area contributed by atoms with Gasteiger partial charge < -0.3 is 15.4 Å². The second-order valence-electron chi connectivity index (χ2n) is 7.13. The average molecular weight is 318 g/mol. The molecule has 4 nitrogen and oxygen atoms in total. The highest BCUT2D eigenvalue weighted by Crippen LogP contribution is 2.24. The third-order valence-electron chi connectivity index (χ3n) is 4.75. The van der Waals surface area contributed by atoms with Crippen LogP contribution in [0.5, 0.6) is 5.75 Å². The standard InChI is InChI=1S/C19H30N2O2/c1-19(2,15-10-12-17(23-3)13-11-15)14-20-18(22)21-16-8-6-4-5-7-9-16/h10-13,16H,4-9,14H2,1-3H3,(H2,20,21,22). The van der Waals surface area contributed by atoms with Gasteiger partial charge in [-0.3, -0.25) is 0 Å². The van der Waals surface area contributed by atoms with Crippen LogP contribution < -0.4 is 15.4 Å². The first-order valence-electron chi connectivity index (χ1n) is 8.70. The molecule has 1 aromatic rings. The van der Waals surface area contributed by atoms with E-state index in [1.165, 1.54) is 31.2 Å². The first kappa shape index (κ1) is 17.6. The fraction of sp³-hybridized carbons (Fsp3) is 0.632. The maximum atomic E-state index is 12.2. The van der Waals surface area contributed by atoms with Gasteiger partial charge in [0.05, 0.1) is 7.11 Å². The molecule has 23 heavy (non-hydrogen) atoms. The molecule has 0 radical (unpaired) electrons. The molecule has 0 saturated heterocycles. The molecule has 0 atom stereocenters. The minimum absolute atomic E-state index is 0.0431. The van der Waals surface area contributed by atoms with E-state index < -0.39 is 0 Å². The summed E-state index contributed by atoms with van der Waals surface area (Å²) >= 11 is 0. The number of amides is 2. The Morgan fingerprint density at radius 2 is 1.74 bits per heavy atom. The normalized spacial score (nSPS) is 16.5. The van der Waals surface area contributed by atoms with Crippen molar-refractivity contribution in [3.63, 3.8) is 0 Å². The highest BCUT2D eigenvalue weighted by atomic mass is 16.5. The highest BCUT2D eigenvalue weighted by molar-refractivity contribution is 5.74. The molecule has 4 heteroatoms. The van der Waals surface area contributed by atoms with Crippen LogP contribution in [0.4, 0.5) is 4.79 Å². The van der Waals surface area contributed by atoms with E-state index in [1.807, 2.05) is 12.1 Å². The molecule has 0 heterocycles. The highest BCUT2D eigenvalue weighted by Gasteiger charge is 2.22. The minimum atomic E-state index is -0.118. The van der Waals surface area contributed by atoms with Crippen molar-refractivity contribution in [1.29, 1.82) is 0 Å². The summed E-state index contributed by atoms with van der Waals surface area (Å²) in [6.07, 6.45) is 7.25. The van der Waals surface area contributed by atoms with Crippen LogP contribution in [-0.2, 0) is 5.41 Å². The minimum Gasteiger partial charge on any atom is -0.497 e. The Morgan fingerprint density at radius 3 is 2.30 bits per heavy atom. The van der Waals surface area contributed by atoms with E-state index in [2.05, 4.69) is 36.6 Å². The molecule has 1 aliphatic rings. The SMILES string of the molecule is COc1ccc(C(C)(C)CNC(=O)NC2CCCCCC2)cc1. The zero-order valence-corrected chi connectivity index (χ0v) is 14.7. The molecule has 2 N–H and O–H groups in total. The molecule has 1 aliphatic carbocycles. The number of nitrogens with one attached hydrogen (secondary N) is 2. The Kier molecular flexibility index (Phi) is 6.31. The van der Waals surface area contributed by atoms with Crippen LogP contribution in [-0.4, -0.2) is 25.7 Å². The average Bonchev–Trinajstić information content (AvgIpc) is 2.82. The number of urea groups is 1. The number of carbonyl (C=O) groups excluding carboxylic acids is 1. The van der Waals surface area contributed by atoms with Crippen LogP contribution >= 0.6 is 0 Å². The van der Waals surface area contributed by atoms with Gasteiger partial charge in [0.15, 0.2) is 0 Å². The number of methoxy groups -OCH3 is 1. The molecule has 0 spiro atoms. The van der Waals surface area contributed by atoms with Crippen molar-refractivity contribution in [3.05, 3.63) is 29.8 Å². The van der Waals surface area contributed by atoms with Gasteiger partial charge in [0.25, 0.3) is 0 Å². The first-order chi connectivity index (χ1) is 11.0. The predicted molar refractivity (Wildman–Crippen MR) is 94.0 cm³/mol. The van der Waals surface area contributed by atoms with Crippen molar-refractivity contribution >= 4 is 6.03 Å². The Labute approximate surface area is 140 Å². The summed E-state index contributed by atoms with van der Waals surface area (Å²) in [4.78, 5) is 12.2. The van der Waals surface area contributed by atoms with Gasteiger partial charge in [0, 0.05) is 18.0 Å². The molecule has 0 aliphatic heterocycles. The summed E-state index contributed by atoms with van der Waals surface area (Å²) in [6, 6.07) is 8.33. The monoisotopic (exact) mass is 318 g/mol. The molecular formula is C19H30N2O2. The Morgan fingerprint density at radius 1 is 1.13 bits per heavy atom. The molecule has 0 unspecified atom stereocenters. The van der Waals surface area contributed by atoms with E-state index in [4.69, 9.17) is 4.74 Å². The van der Waals surface area contributed by atoms with E-state index in [-0.39, 0.29) is 11.4 Å². The van der Waals surface area contributed by atoms with E-state index in [9.17, 15) is 4.79 Å². The zero-order chi connectivity index (χ0) is 16.7. The van der Waals surface area contributed by atoms with Gasteiger partial charge in [-0.2, -0.15) is 0 Å². The lowest BCUT2D eigenvalue weighted by Gasteiger charge is -2.26. The van der Waals surface area contributed by atoms with Crippen molar-refractivity contribution < 1.29 is 9.53 Å². The number of hydrogen-bond acceptors (Lipinski definition) is 2. The maximum Gasteiger partial charge on any atom is 0.315 e. The lowest BCUT2D eigenvalue weighted by molar-refractivity contribution is 0.233. The maximum absolute atomic E-state index is 12.2. The molecule has 0 aromatic heterocycles. The third-order valence-corrected chi connectivity index (χ3v) is 4.75. The molecule has 1 aromatic carbocycles. The van der Waals surface area contributed by atoms with Crippen LogP contribution in [0.2, 0.25) is 0 Å². The molecule has 1 fully saturated rings. The van der Waals surface area contributed by atoms with Gasteiger partial charge in [-0.05, 0) is 30.5 Å². The molecule has 2 rings (SSSR count). The van der Waals surface area contributed by atoms with Gasteiger partial charge in [0.1, 0.15) is 5.75 Å². The summed E-state index contributed by atoms with van der Waals surface area (Å²) in [5.41, 5.74) is 1.07. The summed E-state index contributed by atoms with van der Waals surface area (Å²) < 4.78 is 5.20. The van der Waals surface area contributed by atoms with Gasteiger partial charge in [-0.25, -0.2) is 4.79 Å². The topological polar surface area (TPSA) is 50.4 Å². The summed E-state index contributed by atoms with van der Waals surface area (Å²) in [6.45, 7) is 4.89. The van der Waals surface area contributed by atoms with Gasteiger partial charge in [0.2, 0.25) is 0 Å².